The summed E-state index contributed by atoms with van der Waals surface area (Å²) in [6.07, 6.45) is 17.6. The van der Waals surface area contributed by atoms with Crippen LogP contribution in [0.25, 0.3) is 0 Å². The Hall–Kier alpha value is -1.24. The largest absolute Gasteiger partial charge is 0.235 e. The third-order valence-electron chi connectivity index (χ3n) is 5.42. The van der Waals surface area contributed by atoms with E-state index in [1.165, 1.54) is 51.4 Å². The molecule has 4 heteroatoms. The molecular formula is C20H34N2O2. The van der Waals surface area contributed by atoms with Crippen LogP contribution in [0.4, 0.5) is 0 Å². The van der Waals surface area contributed by atoms with Gasteiger partial charge in [0.05, 0.1) is 12.1 Å². The predicted octanol–water partition coefficient (Wildman–Crippen LogP) is 5.36. The van der Waals surface area contributed by atoms with Crippen molar-refractivity contribution in [1.29, 1.82) is 0 Å². The third kappa shape index (κ3) is 8.04. The quantitative estimate of drug-likeness (QED) is 0.356. The van der Waals surface area contributed by atoms with Gasteiger partial charge in [-0.15, -0.1) is 0 Å². The summed E-state index contributed by atoms with van der Waals surface area (Å²) in [6.45, 7) is 4.30. The van der Waals surface area contributed by atoms with Crippen LogP contribution >= 0.6 is 0 Å². The highest BCUT2D eigenvalue weighted by atomic mass is 16.1. The highest BCUT2D eigenvalue weighted by molar-refractivity contribution is 5.36. The average Bonchev–Trinajstić information content (AvgIpc) is 2.59. The first-order valence-electron chi connectivity index (χ1n) is 9.89. The van der Waals surface area contributed by atoms with E-state index >= 15 is 0 Å². The molecule has 3 unspecified atom stereocenters. The molecule has 0 spiro atoms. The average molecular weight is 335 g/mol. The van der Waals surface area contributed by atoms with Crippen molar-refractivity contribution in [2.45, 2.75) is 103 Å². The van der Waals surface area contributed by atoms with Crippen LogP contribution in [-0.4, -0.2) is 24.2 Å². The minimum absolute atomic E-state index is 0.213. The zero-order valence-electron chi connectivity index (χ0n) is 15.5. The Morgan fingerprint density at radius 1 is 0.833 bits per heavy atom. The molecule has 1 fully saturated rings. The summed E-state index contributed by atoms with van der Waals surface area (Å²) in [4.78, 5) is 29.3. The lowest BCUT2D eigenvalue weighted by molar-refractivity contribution is 0.259. The summed E-state index contributed by atoms with van der Waals surface area (Å²) in [5.74, 6) is 1.58. The molecule has 0 aromatic rings. The van der Waals surface area contributed by atoms with Gasteiger partial charge in [0, 0.05) is 0 Å². The Morgan fingerprint density at radius 2 is 1.42 bits per heavy atom. The lowest BCUT2D eigenvalue weighted by Gasteiger charge is -2.27. The third-order valence-corrected chi connectivity index (χ3v) is 5.42. The van der Waals surface area contributed by atoms with Crippen LogP contribution in [0, 0.1) is 11.8 Å². The second-order valence-electron chi connectivity index (χ2n) is 7.34. The molecule has 0 amide bonds. The summed E-state index contributed by atoms with van der Waals surface area (Å²) in [6, 6.07) is -0.430. The molecule has 4 nitrogen and oxygen atoms in total. The fourth-order valence-electron chi connectivity index (χ4n) is 4.21. The van der Waals surface area contributed by atoms with Crippen LogP contribution in [0.15, 0.2) is 9.98 Å². The topological polar surface area (TPSA) is 58.9 Å². The zero-order chi connectivity index (χ0) is 17.6. The summed E-state index contributed by atoms with van der Waals surface area (Å²) in [5.41, 5.74) is 0. The molecule has 3 atom stereocenters. The van der Waals surface area contributed by atoms with Gasteiger partial charge in [-0.1, -0.05) is 65.2 Å². The molecule has 0 heterocycles. The summed E-state index contributed by atoms with van der Waals surface area (Å²) < 4.78 is 0. The van der Waals surface area contributed by atoms with Gasteiger partial charge in [-0.2, -0.15) is 0 Å². The maximum absolute atomic E-state index is 10.8. The van der Waals surface area contributed by atoms with E-state index in [4.69, 9.17) is 0 Å². The van der Waals surface area contributed by atoms with E-state index in [9.17, 15) is 9.59 Å². The molecule has 1 rings (SSSR count). The van der Waals surface area contributed by atoms with E-state index in [0.29, 0.717) is 5.92 Å². The predicted molar refractivity (Wildman–Crippen MR) is 97.6 cm³/mol. The second-order valence-corrected chi connectivity index (χ2v) is 7.34. The molecule has 0 N–H and O–H groups in total. The van der Waals surface area contributed by atoms with Crippen molar-refractivity contribution in [3.63, 3.8) is 0 Å². The number of nitrogens with zero attached hydrogens (tertiary/aromatic N) is 2. The molecule has 0 aromatic carbocycles. The van der Waals surface area contributed by atoms with E-state index in [1.807, 2.05) is 0 Å². The molecule has 0 bridgehead atoms. The minimum atomic E-state index is -0.217. The Labute approximate surface area is 147 Å². The van der Waals surface area contributed by atoms with Gasteiger partial charge in [0.15, 0.2) is 0 Å². The molecule has 24 heavy (non-hydrogen) atoms. The van der Waals surface area contributed by atoms with Gasteiger partial charge in [0.25, 0.3) is 0 Å². The summed E-state index contributed by atoms with van der Waals surface area (Å²) in [7, 11) is 0. The van der Waals surface area contributed by atoms with Crippen molar-refractivity contribution >= 4 is 12.2 Å². The van der Waals surface area contributed by atoms with Crippen molar-refractivity contribution in [2.75, 3.05) is 0 Å². The molecule has 136 valence electrons. The van der Waals surface area contributed by atoms with Gasteiger partial charge in [-0.3, -0.25) is 0 Å². The van der Waals surface area contributed by atoms with Gasteiger partial charge in [-0.05, 0) is 37.5 Å². The molecule has 0 saturated heterocycles. The fourth-order valence-corrected chi connectivity index (χ4v) is 4.21. The molecule has 0 radical (unpaired) electrons. The summed E-state index contributed by atoms with van der Waals surface area (Å²) >= 11 is 0. The van der Waals surface area contributed by atoms with Gasteiger partial charge >= 0.3 is 0 Å². The molecule has 0 aromatic heterocycles. The number of isocyanates is 2. The van der Waals surface area contributed by atoms with Crippen LogP contribution in [0.2, 0.25) is 0 Å². The summed E-state index contributed by atoms with van der Waals surface area (Å²) in [5, 5.41) is 0. The number of rotatable bonds is 12. The first-order chi connectivity index (χ1) is 11.7. The van der Waals surface area contributed by atoms with Crippen LogP contribution in [-0.2, 0) is 9.59 Å². The van der Waals surface area contributed by atoms with E-state index in [-0.39, 0.29) is 12.1 Å². The maximum atomic E-state index is 10.8. The van der Waals surface area contributed by atoms with E-state index < -0.39 is 0 Å². The van der Waals surface area contributed by atoms with Crippen LogP contribution in [0.3, 0.4) is 0 Å². The van der Waals surface area contributed by atoms with E-state index in [0.717, 1.165) is 31.6 Å². The van der Waals surface area contributed by atoms with Crippen LogP contribution in [0.1, 0.15) is 90.9 Å². The Bertz CT molecular complexity index is 419. The van der Waals surface area contributed by atoms with Crippen LogP contribution in [0.5, 0.6) is 0 Å². The van der Waals surface area contributed by atoms with Crippen molar-refractivity contribution in [2.24, 2.45) is 21.8 Å². The van der Waals surface area contributed by atoms with Crippen molar-refractivity contribution in [3.8, 4) is 0 Å². The molecule has 1 aliphatic carbocycles. The Balaban J connectivity index is 2.61. The number of carbonyl (C=O) groups excluding carboxylic acids is 2. The normalized spacial score (nSPS) is 18.9. The maximum Gasteiger partial charge on any atom is 0.235 e. The first kappa shape index (κ1) is 20.8. The SMILES string of the molecule is CCCC(CCC(N=C=O)C(CCC)N=C=O)CC1CCCCC1. The van der Waals surface area contributed by atoms with Gasteiger partial charge in [-0.25, -0.2) is 19.6 Å². The zero-order valence-corrected chi connectivity index (χ0v) is 15.5. The van der Waals surface area contributed by atoms with E-state index in [1.54, 1.807) is 12.2 Å². The fraction of sp³-hybridized carbons (Fsp3) is 0.900. The molecule has 1 aliphatic rings. The monoisotopic (exact) mass is 334 g/mol. The first-order valence-corrected chi connectivity index (χ1v) is 9.89. The number of hydrogen-bond donors (Lipinski definition) is 0. The number of aliphatic imine (C=N–C) groups is 2. The highest BCUT2D eigenvalue weighted by Gasteiger charge is 2.23. The Morgan fingerprint density at radius 3 is 1.96 bits per heavy atom. The molecule has 1 saturated carbocycles. The molecule has 0 aliphatic heterocycles. The van der Waals surface area contributed by atoms with Gasteiger partial charge < -0.3 is 0 Å². The lowest BCUT2D eigenvalue weighted by atomic mass is 9.79. The number of hydrogen-bond acceptors (Lipinski definition) is 4. The van der Waals surface area contributed by atoms with Gasteiger partial charge in [0.1, 0.15) is 0 Å². The highest BCUT2D eigenvalue weighted by Crippen LogP contribution is 2.33. The standard InChI is InChI=1S/C20H34N2O2/c1-3-8-17(14-18-10-6-5-7-11-18)12-13-20(22-16-24)19(9-4-2)21-15-23/h17-20H,3-14H2,1-2H3. The van der Waals surface area contributed by atoms with Gasteiger partial charge in [0.2, 0.25) is 12.2 Å². The molecular weight excluding hydrogens is 300 g/mol. The minimum Gasteiger partial charge on any atom is -0.211 e. The van der Waals surface area contributed by atoms with Crippen molar-refractivity contribution in [3.05, 3.63) is 0 Å². The lowest BCUT2D eigenvalue weighted by Crippen LogP contribution is -2.24. The van der Waals surface area contributed by atoms with Crippen LogP contribution < -0.4 is 0 Å². The second kappa shape index (κ2) is 13.1. The van der Waals surface area contributed by atoms with E-state index in [2.05, 4.69) is 23.8 Å². The van der Waals surface area contributed by atoms with Crippen molar-refractivity contribution < 1.29 is 9.59 Å². The Kier molecular flexibility index (Phi) is 11.4. The van der Waals surface area contributed by atoms with Crippen molar-refractivity contribution in [1.82, 2.24) is 0 Å². The smallest absolute Gasteiger partial charge is 0.211 e.